The van der Waals surface area contributed by atoms with E-state index in [9.17, 15) is 14.4 Å². The molecule has 0 aromatic heterocycles. The van der Waals surface area contributed by atoms with E-state index in [1.54, 1.807) is 18.2 Å². The number of carbonyl (C=O) groups excluding carboxylic acids is 3. The lowest BCUT2D eigenvalue weighted by molar-refractivity contribution is -0.120. The van der Waals surface area contributed by atoms with Crippen LogP contribution < -0.4 is 20.3 Å². The number of carbonyl (C=O) groups is 3. The highest BCUT2D eigenvalue weighted by molar-refractivity contribution is 6.06. The fourth-order valence-electron chi connectivity index (χ4n) is 2.19. The maximum atomic E-state index is 11.9. The molecule has 24 heavy (non-hydrogen) atoms. The Morgan fingerprint density at radius 1 is 1.50 bits per heavy atom. The second-order valence-electron chi connectivity index (χ2n) is 4.89. The Hall–Kier alpha value is -3.26. The topological polar surface area (TPSA) is 136 Å². The summed E-state index contributed by atoms with van der Waals surface area (Å²) in [6.07, 6.45) is 0.261. The molecule has 0 radical (unpaired) electrons. The van der Waals surface area contributed by atoms with Gasteiger partial charge in [-0.15, -0.1) is 0 Å². The highest BCUT2D eigenvalue weighted by Crippen LogP contribution is 2.32. The summed E-state index contributed by atoms with van der Waals surface area (Å²) in [4.78, 5) is 38.8. The Balaban J connectivity index is 2.12. The molecule has 0 unspecified atom stereocenters. The van der Waals surface area contributed by atoms with Gasteiger partial charge < -0.3 is 10.1 Å². The summed E-state index contributed by atoms with van der Waals surface area (Å²) in [5, 5.41) is 8.18. The Kier molecular flexibility index (Phi) is 5.58. The fraction of sp³-hybridized carbons (Fsp3) is 0.357. The fourth-order valence-corrected chi connectivity index (χ4v) is 2.19. The molecule has 1 fully saturated rings. The van der Waals surface area contributed by atoms with Gasteiger partial charge in [0.05, 0.1) is 12.8 Å². The molecule has 1 aliphatic rings. The third kappa shape index (κ3) is 4.14. The van der Waals surface area contributed by atoms with Crippen molar-refractivity contribution in [2.45, 2.75) is 12.8 Å². The zero-order chi connectivity index (χ0) is 17.5. The van der Waals surface area contributed by atoms with E-state index in [0.717, 1.165) is 0 Å². The van der Waals surface area contributed by atoms with Crippen LogP contribution in [-0.4, -0.2) is 38.0 Å². The first-order valence-corrected chi connectivity index (χ1v) is 7.15. The number of hydrogen-bond acceptors (Lipinski definition) is 5. The third-order valence-electron chi connectivity index (χ3n) is 3.31. The first-order valence-electron chi connectivity index (χ1n) is 7.15. The van der Waals surface area contributed by atoms with Crippen molar-refractivity contribution in [1.29, 1.82) is 0 Å². The summed E-state index contributed by atoms with van der Waals surface area (Å²) < 4.78 is 5.27. The molecule has 0 aliphatic carbocycles. The van der Waals surface area contributed by atoms with Gasteiger partial charge in [0.15, 0.2) is 0 Å². The number of nitrogens with one attached hydrogen (secondary N) is 2. The minimum absolute atomic E-state index is 0.0603. The smallest absolute Gasteiger partial charge is 0.328 e. The van der Waals surface area contributed by atoms with Crippen molar-refractivity contribution < 1.29 is 19.1 Å². The van der Waals surface area contributed by atoms with Crippen LogP contribution in [0.3, 0.4) is 0 Å². The highest BCUT2D eigenvalue weighted by atomic mass is 16.5. The number of rotatable bonds is 6. The van der Waals surface area contributed by atoms with Crippen LogP contribution in [0.15, 0.2) is 23.3 Å². The molecule has 1 aromatic carbocycles. The van der Waals surface area contributed by atoms with Gasteiger partial charge in [-0.3, -0.25) is 19.8 Å². The SMILES string of the molecule is COc1cc(NC(=O)CCN=[N+]=[N-])ccc1N1CCC(=O)NC1=O. The summed E-state index contributed by atoms with van der Waals surface area (Å²) in [7, 11) is 1.44. The zero-order valence-electron chi connectivity index (χ0n) is 13.0. The van der Waals surface area contributed by atoms with E-state index in [-0.39, 0.29) is 37.7 Å². The van der Waals surface area contributed by atoms with Crippen LogP contribution in [-0.2, 0) is 9.59 Å². The van der Waals surface area contributed by atoms with Crippen LogP contribution >= 0.6 is 0 Å². The highest BCUT2D eigenvalue weighted by Gasteiger charge is 2.26. The average Bonchev–Trinajstić information content (AvgIpc) is 2.55. The predicted molar refractivity (Wildman–Crippen MR) is 85.8 cm³/mol. The van der Waals surface area contributed by atoms with Crippen LogP contribution in [0.4, 0.5) is 16.2 Å². The monoisotopic (exact) mass is 332 g/mol. The van der Waals surface area contributed by atoms with E-state index in [1.807, 2.05) is 0 Å². The van der Waals surface area contributed by atoms with Crippen LogP contribution in [0.1, 0.15) is 12.8 Å². The molecule has 0 bridgehead atoms. The van der Waals surface area contributed by atoms with Gasteiger partial charge in [-0.1, -0.05) is 5.11 Å². The number of amides is 4. The summed E-state index contributed by atoms with van der Waals surface area (Å²) in [6.45, 7) is 0.318. The molecular weight excluding hydrogens is 316 g/mol. The van der Waals surface area contributed by atoms with E-state index in [4.69, 9.17) is 10.3 Å². The van der Waals surface area contributed by atoms with Crippen molar-refractivity contribution >= 4 is 29.2 Å². The molecule has 4 amide bonds. The first kappa shape index (κ1) is 17.1. The van der Waals surface area contributed by atoms with Gasteiger partial charge in [0, 0.05) is 42.6 Å². The number of anilines is 2. The number of azide groups is 1. The molecule has 1 aliphatic heterocycles. The Labute approximate surface area is 137 Å². The van der Waals surface area contributed by atoms with E-state index < -0.39 is 6.03 Å². The Morgan fingerprint density at radius 3 is 2.96 bits per heavy atom. The quantitative estimate of drug-likeness (QED) is 0.466. The molecule has 0 spiro atoms. The van der Waals surface area contributed by atoms with Gasteiger partial charge in [0.2, 0.25) is 11.8 Å². The van der Waals surface area contributed by atoms with Gasteiger partial charge in [-0.2, -0.15) is 0 Å². The molecule has 10 nitrogen and oxygen atoms in total. The van der Waals surface area contributed by atoms with E-state index in [2.05, 4.69) is 20.7 Å². The van der Waals surface area contributed by atoms with Crippen LogP contribution in [0.5, 0.6) is 5.75 Å². The van der Waals surface area contributed by atoms with Gasteiger partial charge >= 0.3 is 6.03 Å². The number of imide groups is 1. The zero-order valence-corrected chi connectivity index (χ0v) is 13.0. The number of urea groups is 1. The second-order valence-corrected chi connectivity index (χ2v) is 4.89. The molecule has 10 heteroatoms. The van der Waals surface area contributed by atoms with Crippen molar-refractivity contribution in [2.24, 2.45) is 5.11 Å². The van der Waals surface area contributed by atoms with Crippen LogP contribution in [0.2, 0.25) is 0 Å². The van der Waals surface area contributed by atoms with E-state index in [1.165, 1.54) is 12.0 Å². The molecule has 2 N–H and O–H groups in total. The minimum Gasteiger partial charge on any atom is -0.494 e. The Morgan fingerprint density at radius 2 is 2.29 bits per heavy atom. The minimum atomic E-state index is -0.518. The molecular formula is C14H16N6O4. The molecule has 2 rings (SSSR count). The molecule has 1 heterocycles. The predicted octanol–water partition coefficient (Wildman–Crippen LogP) is 1.78. The van der Waals surface area contributed by atoms with Crippen LogP contribution in [0, 0.1) is 0 Å². The number of benzene rings is 1. The first-order chi connectivity index (χ1) is 11.5. The van der Waals surface area contributed by atoms with Gasteiger partial charge in [-0.25, -0.2) is 4.79 Å². The summed E-state index contributed by atoms with van der Waals surface area (Å²) >= 11 is 0. The van der Waals surface area contributed by atoms with E-state index in [0.29, 0.717) is 17.1 Å². The molecule has 1 saturated heterocycles. The van der Waals surface area contributed by atoms with Gasteiger partial charge in [0.1, 0.15) is 5.75 Å². The normalized spacial score (nSPS) is 13.8. The van der Waals surface area contributed by atoms with Crippen LogP contribution in [0.25, 0.3) is 10.4 Å². The van der Waals surface area contributed by atoms with Crippen molar-refractivity contribution in [2.75, 3.05) is 30.4 Å². The largest absolute Gasteiger partial charge is 0.494 e. The number of methoxy groups -OCH3 is 1. The standard InChI is InChI=1S/C14H16N6O4/c1-24-11-8-9(17-12(21)4-6-16-19-15)2-3-10(11)20-7-5-13(22)18-14(20)23/h2-3,8H,4-7H2,1H3,(H,17,21)(H,18,22,23). The number of nitrogens with zero attached hydrogens (tertiary/aromatic N) is 4. The van der Waals surface area contributed by atoms with E-state index >= 15 is 0 Å². The lowest BCUT2D eigenvalue weighted by atomic mass is 10.2. The summed E-state index contributed by atoms with van der Waals surface area (Å²) in [5.41, 5.74) is 9.16. The lowest BCUT2D eigenvalue weighted by Gasteiger charge is -2.28. The van der Waals surface area contributed by atoms with Crippen molar-refractivity contribution in [3.05, 3.63) is 28.6 Å². The molecule has 1 aromatic rings. The van der Waals surface area contributed by atoms with Gasteiger partial charge in [-0.05, 0) is 17.7 Å². The maximum Gasteiger partial charge on any atom is 0.328 e. The molecule has 0 atom stereocenters. The molecule has 0 saturated carbocycles. The summed E-state index contributed by atoms with van der Waals surface area (Å²) in [5.74, 6) is -0.245. The molecule has 126 valence electrons. The maximum absolute atomic E-state index is 11.9. The van der Waals surface area contributed by atoms with Crippen molar-refractivity contribution in [3.63, 3.8) is 0 Å². The van der Waals surface area contributed by atoms with Crippen molar-refractivity contribution in [3.8, 4) is 5.75 Å². The van der Waals surface area contributed by atoms with Gasteiger partial charge in [0.25, 0.3) is 0 Å². The number of ether oxygens (including phenoxy) is 1. The third-order valence-corrected chi connectivity index (χ3v) is 3.31. The Bertz CT molecular complexity index is 713. The summed E-state index contributed by atoms with van der Waals surface area (Å²) in [6, 6.07) is 4.30. The number of hydrogen-bond donors (Lipinski definition) is 2. The average molecular weight is 332 g/mol. The lowest BCUT2D eigenvalue weighted by Crippen LogP contribution is -2.49. The second kappa shape index (κ2) is 7.84. The van der Waals surface area contributed by atoms with Crippen molar-refractivity contribution in [1.82, 2.24) is 5.32 Å².